The summed E-state index contributed by atoms with van der Waals surface area (Å²) in [5.41, 5.74) is 6.33. The second-order valence-corrected chi connectivity index (χ2v) is 7.11. The van der Waals surface area contributed by atoms with Gasteiger partial charge in [-0.1, -0.05) is 12.8 Å². The molecule has 0 amide bonds. The molecule has 18 heavy (non-hydrogen) atoms. The van der Waals surface area contributed by atoms with Crippen molar-refractivity contribution in [2.75, 3.05) is 19.7 Å². The molecule has 2 aliphatic rings. The normalized spacial score (nSPS) is 29.3. The molecule has 0 bridgehead atoms. The molecule has 2 unspecified atom stereocenters. The van der Waals surface area contributed by atoms with Gasteiger partial charge in [-0.3, -0.25) is 0 Å². The highest BCUT2D eigenvalue weighted by atomic mass is 16.3. The van der Waals surface area contributed by atoms with Crippen LogP contribution in [0.3, 0.4) is 0 Å². The van der Waals surface area contributed by atoms with E-state index in [1.165, 1.54) is 51.6 Å². The zero-order chi connectivity index (χ0) is 13.2. The number of nitrogens with two attached hydrogens (primary N) is 1. The van der Waals surface area contributed by atoms with Crippen molar-refractivity contribution in [2.24, 2.45) is 11.1 Å². The molecule has 0 aromatic carbocycles. The second-order valence-electron chi connectivity index (χ2n) is 7.11. The minimum atomic E-state index is -0.429. The monoisotopic (exact) mass is 254 g/mol. The van der Waals surface area contributed by atoms with E-state index in [1.807, 2.05) is 6.92 Å². The van der Waals surface area contributed by atoms with Gasteiger partial charge in [0.2, 0.25) is 0 Å². The van der Waals surface area contributed by atoms with E-state index in [0.29, 0.717) is 11.5 Å². The zero-order valence-corrected chi connectivity index (χ0v) is 12.1. The first-order valence-electron chi connectivity index (χ1n) is 7.60. The summed E-state index contributed by atoms with van der Waals surface area (Å²) in [7, 11) is 0. The fraction of sp³-hybridized carbons (Fsp3) is 1.00. The Bertz CT molecular complexity index is 262. The van der Waals surface area contributed by atoms with E-state index in [-0.39, 0.29) is 6.61 Å². The Hall–Kier alpha value is -0.120. The highest BCUT2D eigenvalue weighted by Crippen LogP contribution is 2.46. The summed E-state index contributed by atoms with van der Waals surface area (Å²) < 4.78 is 0. The quantitative estimate of drug-likeness (QED) is 0.808. The number of nitrogens with zero attached hydrogens (tertiary/aromatic N) is 1. The summed E-state index contributed by atoms with van der Waals surface area (Å²) in [4.78, 5) is 2.57. The van der Waals surface area contributed by atoms with Crippen LogP contribution in [0.2, 0.25) is 0 Å². The molecule has 2 fully saturated rings. The van der Waals surface area contributed by atoms with Gasteiger partial charge in [-0.05, 0) is 64.5 Å². The van der Waals surface area contributed by atoms with Crippen LogP contribution in [0.25, 0.3) is 0 Å². The number of likely N-dealkylation sites (tertiary alicyclic amines) is 1. The van der Waals surface area contributed by atoms with Crippen molar-refractivity contribution in [3.63, 3.8) is 0 Å². The van der Waals surface area contributed by atoms with Gasteiger partial charge in [-0.15, -0.1) is 0 Å². The Kier molecular flexibility index (Phi) is 4.35. The molecular weight excluding hydrogens is 224 g/mol. The third kappa shape index (κ3) is 3.25. The van der Waals surface area contributed by atoms with Gasteiger partial charge >= 0.3 is 0 Å². The van der Waals surface area contributed by atoms with Gasteiger partial charge in [-0.25, -0.2) is 0 Å². The topological polar surface area (TPSA) is 49.5 Å². The van der Waals surface area contributed by atoms with E-state index in [1.54, 1.807) is 0 Å². The van der Waals surface area contributed by atoms with Gasteiger partial charge in [0.1, 0.15) is 0 Å². The minimum Gasteiger partial charge on any atom is -0.394 e. The first kappa shape index (κ1) is 14.3. The third-order valence-electron chi connectivity index (χ3n) is 5.27. The van der Waals surface area contributed by atoms with Gasteiger partial charge < -0.3 is 15.7 Å². The van der Waals surface area contributed by atoms with Crippen LogP contribution in [0, 0.1) is 5.41 Å². The van der Waals surface area contributed by atoms with Crippen LogP contribution in [-0.2, 0) is 0 Å². The average molecular weight is 254 g/mol. The number of piperidine rings is 1. The van der Waals surface area contributed by atoms with Crippen LogP contribution in [0.15, 0.2) is 0 Å². The fourth-order valence-corrected chi connectivity index (χ4v) is 3.93. The van der Waals surface area contributed by atoms with E-state index in [9.17, 15) is 5.11 Å². The van der Waals surface area contributed by atoms with Crippen LogP contribution in [0.1, 0.15) is 58.8 Å². The maximum atomic E-state index is 9.27. The predicted molar refractivity (Wildman–Crippen MR) is 75.5 cm³/mol. The van der Waals surface area contributed by atoms with Crippen molar-refractivity contribution in [3.8, 4) is 0 Å². The Morgan fingerprint density at radius 2 is 1.78 bits per heavy atom. The van der Waals surface area contributed by atoms with E-state index in [2.05, 4.69) is 11.8 Å². The van der Waals surface area contributed by atoms with Crippen LogP contribution >= 0.6 is 0 Å². The van der Waals surface area contributed by atoms with Gasteiger partial charge in [0.25, 0.3) is 0 Å². The zero-order valence-electron chi connectivity index (χ0n) is 12.1. The van der Waals surface area contributed by atoms with E-state index in [0.717, 1.165) is 6.42 Å². The molecular formula is C15H30N2O. The molecule has 3 N–H and O–H groups in total. The molecule has 1 saturated carbocycles. The lowest BCUT2D eigenvalue weighted by Crippen LogP contribution is -2.50. The molecule has 3 heteroatoms. The molecule has 0 radical (unpaired) electrons. The molecule has 1 spiro atoms. The molecule has 0 aromatic heterocycles. The number of aliphatic hydroxyl groups excluding tert-OH is 1. The average Bonchev–Trinajstić information content (AvgIpc) is 2.78. The summed E-state index contributed by atoms with van der Waals surface area (Å²) >= 11 is 0. The SMILES string of the molecule is CC(CC(C)(N)CO)N1CCC2(CCCC2)CC1. The van der Waals surface area contributed by atoms with Crippen LogP contribution in [0.5, 0.6) is 0 Å². The fourth-order valence-electron chi connectivity index (χ4n) is 3.93. The Morgan fingerprint density at radius 3 is 2.28 bits per heavy atom. The molecule has 106 valence electrons. The number of aliphatic hydroxyl groups is 1. The van der Waals surface area contributed by atoms with E-state index < -0.39 is 5.54 Å². The Labute approximate surface area is 112 Å². The first-order chi connectivity index (χ1) is 8.46. The van der Waals surface area contributed by atoms with Crippen molar-refractivity contribution in [1.29, 1.82) is 0 Å². The predicted octanol–water partition coefficient (Wildman–Crippen LogP) is 2.13. The standard InChI is InChI=1S/C15H30N2O/c1-13(11-14(2,16)12-18)17-9-7-15(8-10-17)5-3-4-6-15/h13,18H,3-12,16H2,1-2H3. The van der Waals surface area contributed by atoms with Gasteiger partial charge in [-0.2, -0.15) is 0 Å². The smallest absolute Gasteiger partial charge is 0.0609 e. The van der Waals surface area contributed by atoms with Crippen molar-refractivity contribution in [3.05, 3.63) is 0 Å². The van der Waals surface area contributed by atoms with E-state index in [4.69, 9.17) is 5.73 Å². The molecule has 3 nitrogen and oxygen atoms in total. The molecule has 1 aliphatic carbocycles. The summed E-state index contributed by atoms with van der Waals surface area (Å²) in [6.45, 7) is 6.74. The third-order valence-corrected chi connectivity index (χ3v) is 5.27. The summed E-state index contributed by atoms with van der Waals surface area (Å²) in [5, 5.41) is 9.27. The lowest BCUT2D eigenvalue weighted by molar-refractivity contribution is 0.0641. The van der Waals surface area contributed by atoms with Gasteiger partial charge in [0, 0.05) is 11.6 Å². The number of rotatable bonds is 4. The summed E-state index contributed by atoms with van der Waals surface area (Å²) in [5.74, 6) is 0. The first-order valence-corrected chi connectivity index (χ1v) is 7.60. The summed E-state index contributed by atoms with van der Waals surface area (Å²) in [6.07, 6.45) is 9.44. The van der Waals surface area contributed by atoms with Crippen LogP contribution in [-0.4, -0.2) is 41.3 Å². The Morgan fingerprint density at radius 1 is 1.22 bits per heavy atom. The molecule has 1 aliphatic heterocycles. The highest BCUT2D eigenvalue weighted by molar-refractivity contribution is 4.92. The minimum absolute atomic E-state index is 0.0785. The van der Waals surface area contributed by atoms with Crippen LogP contribution < -0.4 is 5.73 Å². The molecule has 1 saturated heterocycles. The van der Waals surface area contributed by atoms with Crippen molar-refractivity contribution < 1.29 is 5.11 Å². The molecule has 1 heterocycles. The maximum absolute atomic E-state index is 9.27. The van der Waals surface area contributed by atoms with Gasteiger partial charge in [0.05, 0.1) is 6.61 Å². The molecule has 0 aromatic rings. The lowest BCUT2D eigenvalue weighted by Gasteiger charge is -2.43. The molecule has 2 atom stereocenters. The second kappa shape index (κ2) is 5.48. The molecule has 2 rings (SSSR count). The maximum Gasteiger partial charge on any atom is 0.0609 e. The van der Waals surface area contributed by atoms with E-state index >= 15 is 0 Å². The van der Waals surface area contributed by atoms with Crippen LogP contribution in [0.4, 0.5) is 0 Å². The van der Waals surface area contributed by atoms with Crippen molar-refractivity contribution in [1.82, 2.24) is 4.90 Å². The highest BCUT2D eigenvalue weighted by Gasteiger charge is 2.38. The lowest BCUT2D eigenvalue weighted by atomic mass is 9.76. The largest absolute Gasteiger partial charge is 0.394 e. The van der Waals surface area contributed by atoms with Crippen molar-refractivity contribution >= 4 is 0 Å². The summed E-state index contributed by atoms with van der Waals surface area (Å²) in [6, 6.07) is 0.492. The van der Waals surface area contributed by atoms with Gasteiger partial charge in [0.15, 0.2) is 0 Å². The van der Waals surface area contributed by atoms with Crippen molar-refractivity contribution in [2.45, 2.75) is 70.4 Å². The number of hydrogen-bond acceptors (Lipinski definition) is 3. The Balaban J connectivity index is 1.82. The number of hydrogen-bond donors (Lipinski definition) is 2.